The quantitative estimate of drug-likeness (QED) is 0.350. The third kappa shape index (κ3) is 5.40. The molecule has 1 saturated carbocycles. The molecular formula is C25H35N5O6. The van der Waals surface area contributed by atoms with Gasteiger partial charge in [0, 0.05) is 51.3 Å². The van der Waals surface area contributed by atoms with Crippen LogP contribution in [0.4, 0.5) is 10.5 Å². The van der Waals surface area contributed by atoms with E-state index in [1.807, 2.05) is 30.3 Å². The summed E-state index contributed by atoms with van der Waals surface area (Å²) in [5, 5.41) is 22.0. The van der Waals surface area contributed by atoms with Crippen LogP contribution in [-0.2, 0) is 14.4 Å². The van der Waals surface area contributed by atoms with Crippen molar-refractivity contribution in [3.63, 3.8) is 0 Å². The zero-order chi connectivity index (χ0) is 25.8. The van der Waals surface area contributed by atoms with Gasteiger partial charge in [-0.15, -0.1) is 0 Å². The van der Waals surface area contributed by atoms with Gasteiger partial charge in [-0.1, -0.05) is 18.2 Å². The molecule has 3 aliphatic rings. The van der Waals surface area contributed by atoms with Gasteiger partial charge in [0.15, 0.2) is 0 Å². The van der Waals surface area contributed by atoms with E-state index < -0.39 is 29.9 Å². The number of hydroxylamine groups is 1. The van der Waals surface area contributed by atoms with Crippen LogP contribution in [0.3, 0.4) is 0 Å². The number of carboxylic acid groups (broad SMARTS) is 1. The number of para-hydroxylation sites is 1. The average Bonchev–Trinajstić information content (AvgIpc) is 3.31. The van der Waals surface area contributed by atoms with Gasteiger partial charge in [-0.2, -0.15) is 0 Å². The smallest absolute Gasteiger partial charge is 0.407 e. The number of piperazine rings is 1. The molecule has 4 N–H and O–H groups in total. The lowest BCUT2D eigenvalue weighted by Crippen LogP contribution is -2.55. The number of rotatable bonds is 5. The summed E-state index contributed by atoms with van der Waals surface area (Å²) in [7, 11) is 0. The third-order valence-electron chi connectivity index (χ3n) is 7.94. The van der Waals surface area contributed by atoms with Gasteiger partial charge < -0.3 is 25.1 Å². The fourth-order valence-electron chi connectivity index (χ4n) is 6.28. The predicted octanol–water partition coefficient (Wildman–Crippen LogP) is 1.13. The SMILES string of the molecule is CC(=O)N[C@@H]1CCN(C(=O)O)C1[C@@H]1CC[C@H](C(=O)N2CCN(c3ccccc3)CC2)[C@@H](C(=O)NO)C1. The Balaban J connectivity index is 1.45. The van der Waals surface area contributed by atoms with Crippen LogP contribution >= 0.6 is 0 Å². The zero-order valence-electron chi connectivity index (χ0n) is 20.5. The Labute approximate surface area is 210 Å². The minimum absolute atomic E-state index is 0.102. The highest BCUT2D eigenvalue weighted by Crippen LogP contribution is 2.41. The Bertz CT molecular complexity index is 967. The number of amides is 4. The summed E-state index contributed by atoms with van der Waals surface area (Å²) in [4.78, 5) is 55.2. The Morgan fingerprint density at radius 2 is 1.61 bits per heavy atom. The van der Waals surface area contributed by atoms with Crippen LogP contribution in [0.15, 0.2) is 30.3 Å². The third-order valence-corrected chi connectivity index (χ3v) is 7.94. The fourth-order valence-corrected chi connectivity index (χ4v) is 6.28. The molecule has 4 rings (SSSR count). The summed E-state index contributed by atoms with van der Waals surface area (Å²) in [6.07, 6.45) is 0.664. The summed E-state index contributed by atoms with van der Waals surface area (Å²) >= 11 is 0. The van der Waals surface area contributed by atoms with Gasteiger partial charge >= 0.3 is 6.09 Å². The number of likely N-dealkylation sites (tertiary alicyclic amines) is 1. The Kier molecular flexibility index (Phi) is 7.97. The second kappa shape index (κ2) is 11.2. The Morgan fingerprint density at radius 1 is 0.917 bits per heavy atom. The molecular weight excluding hydrogens is 466 g/mol. The number of nitrogens with zero attached hydrogens (tertiary/aromatic N) is 3. The molecule has 0 spiro atoms. The molecule has 36 heavy (non-hydrogen) atoms. The lowest BCUT2D eigenvalue weighted by Gasteiger charge is -2.43. The first-order valence-electron chi connectivity index (χ1n) is 12.6. The van der Waals surface area contributed by atoms with E-state index in [0.717, 1.165) is 5.69 Å². The van der Waals surface area contributed by atoms with E-state index in [1.54, 1.807) is 10.4 Å². The molecule has 0 aromatic heterocycles. The van der Waals surface area contributed by atoms with Crippen LogP contribution < -0.4 is 15.7 Å². The molecule has 0 radical (unpaired) electrons. The van der Waals surface area contributed by atoms with E-state index >= 15 is 0 Å². The van der Waals surface area contributed by atoms with Gasteiger partial charge in [-0.3, -0.25) is 19.6 Å². The number of anilines is 1. The maximum atomic E-state index is 13.5. The summed E-state index contributed by atoms with van der Waals surface area (Å²) in [6.45, 7) is 4.16. The lowest BCUT2D eigenvalue weighted by molar-refractivity contribution is -0.148. The molecule has 5 atom stereocenters. The van der Waals surface area contributed by atoms with Crippen molar-refractivity contribution in [2.45, 2.75) is 44.7 Å². The van der Waals surface area contributed by atoms with Crippen LogP contribution in [0.1, 0.15) is 32.6 Å². The molecule has 0 bridgehead atoms. The van der Waals surface area contributed by atoms with Crippen molar-refractivity contribution in [1.29, 1.82) is 0 Å². The first-order valence-corrected chi connectivity index (χ1v) is 12.6. The standard InChI is InChI=1S/C25H35N5O6/c1-16(31)26-21-9-10-30(25(34)35)22(21)17-7-8-19(20(15-17)23(32)27-36)24(33)29-13-11-28(12-14-29)18-5-3-2-4-6-18/h2-6,17,19-22,36H,7-15H2,1H3,(H,26,31)(H,27,32)(H,34,35)/t17-,19+,20+,21-,22?/m1/s1. The molecule has 4 amide bonds. The van der Waals surface area contributed by atoms with Crippen molar-refractivity contribution in [3.05, 3.63) is 30.3 Å². The molecule has 2 saturated heterocycles. The minimum atomic E-state index is -1.06. The largest absolute Gasteiger partial charge is 0.465 e. The summed E-state index contributed by atoms with van der Waals surface area (Å²) in [5.41, 5.74) is 2.83. The highest BCUT2D eigenvalue weighted by Gasteiger charge is 2.48. The van der Waals surface area contributed by atoms with Gasteiger partial charge in [-0.05, 0) is 43.7 Å². The van der Waals surface area contributed by atoms with Gasteiger partial charge in [-0.25, -0.2) is 10.3 Å². The van der Waals surface area contributed by atoms with Crippen LogP contribution in [0.2, 0.25) is 0 Å². The Morgan fingerprint density at radius 3 is 2.22 bits per heavy atom. The van der Waals surface area contributed by atoms with Crippen molar-refractivity contribution in [3.8, 4) is 0 Å². The van der Waals surface area contributed by atoms with Crippen LogP contribution in [-0.4, -0.2) is 88.7 Å². The molecule has 1 aliphatic carbocycles. The van der Waals surface area contributed by atoms with Crippen molar-refractivity contribution in [2.24, 2.45) is 17.8 Å². The number of carbonyl (C=O) groups excluding carboxylic acids is 3. The topological polar surface area (TPSA) is 143 Å². The molecule has 2 aliphatic heterocycles. The normalized spacial score (nSPS) is 28.5. The van der Waals surface area contributed by atoms with E-state index in [0.29, 0.717) is 52.0 Å². The number of nitrogens with one attached hydrogen (secondary N) is 2. The predicted molar refractivity (Wildman–Crippen MR) is 130 cm³/mol. The Hall–Kier alpha value is -3.34. The monoisotopic (exact) mass is 501 g/mol. The van der Waals surface area contributed by atoms with Crippen molar-refractivity contribution < 1.29 is 29.5 Å². The van der Waals surface area contributed by atoms with E-state index in [4.69, 9.17) is 0 Å². The molecule has 1 unspecified atom stereocenters. The van der Waals surface area contributed by atoms with Gasteiger partial charge in [0.05, 0.1) is 18.0 Å². The summed E-state index contributed by atoms with van der Waals surface area (Å²) in [6, 6.07) is 9.18. The second-order valence-corrected chi connectivity index (χ2v) is 9.97. The average molecular weight is 502 g/mol. The van der Waals surface area contributed by atoms with E-state index in [-0.39, 0.29) is 30.2 Å². The molecule has 2 heterocycles. The van der Waals surface area contributed by atoms with E-state index in [1.165, 1.54) is 11.8 Å². The van der Waals surface area contributed by atoms with Crippen molar-refractivity contribution in [1.82, 2.24) is 20.6 Å². The highest BCUT2D eigenvalue weighted by atomic mass is 16.5. The van der Waals surface area contributed by atoms with Gasteiger partial charge in [0.25, 0.3) is 0 Å². The number of benzene rings is 1. The molecule has 196 valence electrons. The van der Waals surface area contributed by atoms with E-state index in [9.17, 15) is 29.5 Å². The molecule has 3 fully saturated rings. The zero-order valence-corrected chi connectivity index (χ0v) is 20.5. The van der Waals surface area contributed by atoms with Crippen molar-refractivity contribution >= 4 is 29.5 Å². The summed E-state index contributed by atoms with van der Waals surface area (Å²) in [5.74, 6) is -2.55. The minimum Gasteiger partial charge on any atom is -0.465 e. The highest BCUT2D eigenvalue weighted by molar-refractivity contribution is 5.87. The first-order chi connectivity index (χ1) is 17.3. The number of hydrogen-bond acceptors (Lipinski definition) is 6. The number of carbonyl (C=O) groups is 4. The fraction of sp³-hybridized carbons (Fsp3) is 0.600. The molecule has 11 heteroatoms. The number of hydrogen-bond donors (Lipinski definition) is 4. The first kappa shape index (κ1) is 25.7. The van der Waals surface area contributed by atoms with Crippen molar-refractivity contribution in [2.75, 3.05) is 37.6 Å². The van der Waals surface area contributed by atoms with E-state index in [2.05, 4.69) is 10.2 Å². The van der Waals surface area contributed by atoms with Crippen LogP contribution in [0, 0.1) is 17.8 Å². The maximum absolute atomic E-state index is 13.5. The van der Waals surface area contributed by atoms with Crippen LogP contribution in [0.25, 0.3) is 0 Å². The van der Waals surface area contributed by atoms with Gasteiger partial charge in [0.1, 0.15) is 0 Å². The second-order valence-electron chi connectivity index (χ2n) is 9.97. The molecule has 1 aromatic rings. The molecule has 1 aromatic carbocycles. The maximum Gasteiger partial charge on any atom is 0.407 e. The lowest BCUT2D eigenvalue weighted by atomic mass is 9.69. The molecule has 11 nitrogen and oxygen atoms in total. The van der Waals surface area contributed by atoms with Crippen LogP contribution in [0.5, 0.6) is 0 Å². The summed E-state index contributed by atoms with van der Waals surface area (Å²) < 4.78 is 0. The van der Waals surface area contributed by atoms with Gasteiger partial charge in [0.2, 0.25) is 17.7 Å².